The number of benzene rings is 1. The molecule has 1 N–H and O–H groups in total. The van der Waals surface area contributed by atoms with Gasteiger partial charge in [-0.2, -0.15) is 0 Å². The third kappa shape index (κ3) is 3.13. The first-order valence-corrected chi connectivity index (χ1v) is 5.15. The minimum absolute atomic E-state index is 0.379. The molecule has 0 fully saturated rings. The van der Waals surface area contributed by atoms with E-state index in [0.717, 1.165) is 17.1 Å². The molecule has 1 aromatic rings. The van der Waals surface area contributed by atoms with Crippen LogP contribution in [0.15, 0.2) is 18.2 Å². The number of aliphatic hydroxyl groups excluding tert-OH is 1. The summed E-state index contributed by atoms with van der Waals surface area (Å²) in [5.41, 5.74) is 0.971. The fraction of sp³-hybridized carbons (Fsp3) is 0.500. The van der Waals surface area contributed by atoms with Gasteiger partial charge < -0.3 is 14.6 Å². The van der Waals surface area contributed by atoms with E-state index in [2.05, 4.69) is 0 Å². The number of rotatable bonds is 5. The molecule has 0 heterocycles. The Bertz CT molecular complexity index is 308. The SMILES string of the molecule is CCOc1cccc(C[C@H](C)O)c1OC. The van der Waals surface area contributed by atoms with Crippen molar-refractivity contribution in [1.82, 2.24) is 0 Å². The number of methoxy groups -OCH3 is 1. The number of hydrogen-bond acceptors (Lipinski definition) is 3. The van der Waals surface area contributed by atoms with Gasteiger partial charge >= 0.3 is 0 Å². The van der Waals surface area contributed by atoms with Crippen molar-refractivity contribution in [2.24, 2.45) is 0 Å². The number of para-hydroxylation sites is 1. The maximum atomic E-state index is 9.35. The van der Waals surface area contributed by atoms with Gasteiger partial charge in [-0.15, -0.1) is 0 Å². The molecule has 0 aliphatic heterocycles. The molecule has 0 aromatic heterocycles. The van der Waals surface area contributed by atoms with Crippen LogP contribution in [-0.4, -0.2) is 24.9 Å². The van der Waals surface area contributed by atoms with Crippen molar-refractivity contribution in [3.63, 3.8) is 0 Å². The first kappa shape index (κ1) is 11.9. The lowest BCUT2D eigenvalue weighted by molar-refractivity contribution is 0.193. The van der Waals surface area contributed by atoms with E-state index in [1.165, 1.54) is 0 Å². The Kier molecular flexibility index (Phi) is 4.43. The maximum absolute atomic E-state index is 9.35. The van der Waals surface area contributed by atoms with Crippen molar-refractivity contribution in [3.05, 3.63) is 23.8 Å². The van der Waals surface area contributed by atoms with Gasteiger partial charge in [-0.1, -0.05) is 12.1 Å². The predicted octanol–water partition coefficient (Wildman–Crippen LogP) is 2.02. The normalized spacial score (nSPS) is 12.3. The lowest BCUT2D eigenvalue weighted by atomic mass is 10.1. The summed E-state index contributed by atoms with van der Waals surface area (Å²) < 4.78 is 10.7. The second-order valence-corrected chi connectivity index (χ2v) is 3.43. The van der Waals surface area contributed by atoms with Crippen molar-refractivity contribution in [1.29, 1.82) is 0 Å². The molecular formula is C12H18O3. The van der Waals surface area contributed by atoms with E-state index in [1.54, 1.807) is 14.0 Å². The van der Waals surface area contributed by atoms with E-state index >= 15 is 0 Å². The highest BCUT2D eigenvalue weighted by Gasteiger charge is 2.11. The minimum Gasteiger partial charge on any atom is -0.493 e. The van der Waals surface area contributed by atoms with Crippen LogP contribution in [-0.2, 0) is 6.42 Å². The average molecular weight is 210 g/mol. The summed E-state index contributed by atoms with van der Waals surface area (Å²) in [6, 6.07) is 5.72. The Balaban J connectivity index is 2.98. The molecule has 0 saturated heterocycles. The Morgan fingerprint density at radius 2 is 2.13 bits per heavy atom. The van der Waals surface area contributed by atoms with Crippen LogP contribution >= 0.6 is 0 Å². The van der Waals surface area contributed by atoms with Gasteiger partial charge in [0.15, 0.2) is 11.5 Å². The zero-order chi connectivity index (χ0) is 11.3. The molecule has 1 atom stereocenters. The molecule has 84 valence electrons. The Morgan fingerprint density at radius 3 is 2.67 bits per heavy atom. The van der Waals surface area contributed by atoms with Gasteiger partial charge in [0.2, 0.25) is 0 Å². The second kappa shape index (κ2) is 5.61. The smallest absolute Gasteiger partial charge is 0.164 e. The summed E-state index contributed by atoms with van der Waals surface area (Å²) in [5, 5.41) is 9.35. The zero-order valence-corrected chi connectivity index (χ0v) is 9.49. The van der Waals surface area contributed by atoms with Gasteiger partial charge in [0.1, 0.15) is 0 Å². The fourth-order valence-electron chi connectivity index (χ4n) is 1.54. The van der Waals surface area contributed by atoms with Crippen LogP contribution in [0.25, 0.3) is 0 Å². The van der Waals surface area contributed by atoms with Gasteiger partial charge in [0.25, 0.3) is 0 Å². The van der Waals surface area contributed by atoms with Gasteiger partial charge in [-0.05, 0) is 19.9 Å². The summed E-state index contributed by atoms with van der Waals surface area (Å²) in [4.78, 5) is 0. The van der Waals surface area contributed by atoms with Crippen LogP contribution < -0.4 is 9.47 Å². The molecule has 0 amide bonds. The minimum atomic E-state index is -0.379. The van der Waals surface area contributed by atoms with Crippen LogP contribution in [0.2, 0.25) is 0 Å². The fourth-order valence-corrected chi connectivity index (χ4v) is 1.54. The van der Waals surface area contributed by atoms with E-state index in [9.17, 15) is 5.11 Å². The van der Waals surface area contributed by atoms with Crippen molar-refractivity contribution < 1.29 is 14.6 Å². The van der Waals surface area contributed by atoms with Gasteiger partial charge in [-0.3, -0.25) is 0 Å². The van der Waals surface area contributed by atoms with E-state index in [4.69, 9.17) is 9.47 Å². The van der Waals surface area contributed by atoms with Crippen LogP contribution in [0, 0.1) is 0 Å². The molecule has 0 spiro atoms. The number of aliphatic hydroxyl groups is 1. The monoisotopic (exact) mass is 210 g/mol. The third-order valence-electron chi connectivity index (χ3n) is 2.08. The van der Waals surface area contributed by atoms with E-state index in [1.807, 2.05) is 25.1 Å². The number of ether oxygens (including phenoxy) is 2. The van der Waals surface area contributed by atoms with Crippen LogP contribution in [0.5, 0.6) is 11.5 Å². The highest BCUT2D eigenvalue weighted by Crippen LogP contribution is 2.31. The Labute approximate surface area is 90.6 Å². The largest absolute Gasteiger partial charge is 0.493 e. The average Bonchev–Trinajstić information content (AvgIpc) is 2.18. The highest BCUT2D eigenvalue weighted by molar-refractivity contribution is 5.46. The summed E-state index contributed by atoms with van der Waals surface area (Å²) in [6.07, 6.45) is 0.195. The molecule has 0 aliphatic rings. The van der Waals surface area contributed by atoms with E-state index < -0.39 is 0 Å². The lowest BCUT2D eigenvalue weighted by Crippen LogP contribution is -2.06. The Hall–Kier alpha value is -1.22. The zero-order valence-electron chi connectivity index (χ0n) is 9.49. The summed E-state index contributed by atoms with van der Waals surface area (Å²) in [6.45, 7) is 4.29. The lowest BCUT2D eigenvalue weighted by Gasteiger charge is -2.14. The maximum Gasteiger partial charge on any atom is 0.164 e. The molecule has 0 radical (unpaired) electrons. The molecule has 1 aromatic carbocycles. The molecule has 0 saturated carbocycles. The quantitative estimate of drug-likeness (QED) is 0.808. The first-order chi connectivity index (χ1) is 7.19. The van der Waals surface area contributed by atoms with E-state index in [-0.39, 0.29) is 6.10 Å². The van der Waals surface area contributed by atoms with Crippen LogP contribution in [0.1, 0.15) is 19.4 Å². The standard InChI is InChI=1S/C12H18O3/c1-4-15-11-7-5-6-10(8-9(2)13)12(11)14-3/h5-7,9,13H,4,8H2,1-3H3/t9-/m0/s1. The van der Waals surface area contributed by atoms with Gasteiger partial charge in [0.05, 0.1) is 19.8 Å². The number of hydrogen-bond donors (Lipinski definition) is 1. The topological polar surface area (TPSA) is 38.7 Å². The molecular weight excluding hydrogens is 192 g/mol. The summed E-state index contributed by atoms with van der Waals surface area (Å²) in [5.74, 6) is 1.46. The molecule has 0 aliphatic carbocycles. The van der Waals surface area contributed by atoms with E-state index in [0.29, 0.717) is 13.0 Å². The van der Waals surface area contributed by atoms with Crippen LogP contribution in [0.3, 0.4) is 0 Å². The van der Waals surface area contributed by atoms with Gasteiger partial charge in [0, 0.05) is 12.0 Å². The molecule has 0 bridgehead atoms. The first-order valence-electron chi connectivity index (χ1n) is 5.15. The second-order valence-electron chi connectivity index (χ2n) is 3.43. The Morgan fingerprint density at radius 1 is 1.40 bits per heavy atom. The summed E-state index contributed by atoms with van der Waals surface area (Å²) in [7, 11) is 1.61. The molecule has 3 nitrogen and oxygen atoms in total. The van der Waals surface area contributed by atoms with Gasteiger partial charge in [-0.25, -0.2) is 0 Å². The molecule has 15 heavy (non-hydrogen) atoms. The van der Waals surface area contributed by atoms with Crippen molar-refractivity contribution in [3.8, 4) is 11.5 Å². The van der Waals surface area contributed by atoms with Crippen molar-refractivity contribution in [2.75, 3.05) is 13.7 Å². The van der Waals surface area contributed by atoms with Crippen molar-refractivity contribution in [2.45, 2.75) is 26.4 Å². The predicted molar refractivity (Wildman–Crippen MR) is 59.5 cm³/mol. The molecule has 1 rings (SSSR count). The van der Waals surface area contributed by atoms with Crippen LogP contribution in [0.4, 0.5) is 0 Å². The third-order valence-corrected chi connectivity index (χ3v) is 2.08. The van der Waals surface area contributed by atoms with Crippen molar-refractivity contribution >= 4 is 0 Å². The summed E-state index contributed by atoms with van der Waals surface area (Å²) >= 11 is 0. The molecule has 3 heteroatoms. The molecule has 0 unspecified atom stereocenters. The highest BCUT2D eigenvalue weighted by atomic mass is 16.5.